The molecule has 0 aliphatic carbocycles. The molecule has 0 saturated carbocycles. The van der Waals surface area contributed by atoms with Crippen LogP contribution in [0, 0.1) is 13.8 Å². The molecule has 2 rings (SSSR count). The van der Waals surface area contributed by atoms with Gasteiger partial charge in [-0.3, -0.25) is 4.79 Å². The van der Waals surface area contributed by atoms with Gasteiger partial charge in [-0.15, -0.1) is 0 Å². The molecule has 1 heterocycles. The number of fused-ring (bicyclic) bond motifs is 1. The van der Waals surface area contributed by atoms with E-state index in [0.717, 1.165) is 17.4 Å². The van der Waals surface area contributed by atoms with Gasteiger partial charge >= 0.3 is 0 Å². The second kappa shape index (κ2) is 4.19. The number of aryl methyl sites for hydroxylation is 3. The minimum Gasteiger partial charge on any atom is -0.331 e. The van der Waals surface area contributed by atoms with Crippen LogP contribution in [-0.4, -0.2) is 10.4 Å². The largest absolute Gasteiger partial charge is 0.331 e. The quantitative estimate of drug-likeness (QED) is 0.734. The summed E-state index contributed by atoms with van der Waals surface area (Å²) < 4.78 is 2.01. The summed E-state index contributed by atoms with van der Waals surface area (Å²) in [5, 5.41) is 1.52. The number of rotatable bonds is 2. The average molecular weight is 250 g/mol. The highest BCUT2D eigenvalue weighted by atomic mass is 35.5. The molecule has 0 unspecified atom stereocenters. The molecule has 0 saturated heterocycles. The van der Waals surface area contributed by atoms with Crippen LogP contribution in [-0.2, 0) is 6.54 Å². The molecule has 0 aliphatic heterocycles. The molecule has 2 nitrogen and oxygen atoms in total. The van der Waals surface area contributed by atoms with E-state index in [9.17, 15) is 4.79 Å². The standard InChI is InChI=1S/C14H16ClNO/c1-5-16-13-9(3)8(2)6-7-11(13)12(10(4)17)14(16)15/h6-7H,5H2,1-4H3. The van der Waals surface area contributed by atoms with Crippen LogP contribution in [0.3, 0.4) is 0 Å². The second-order valence-electron chi connectivity index (χ2n) is 4.37. The zero-order valence-electron chi connectivity index (χ0n) is 10.6. The molecule has 0 aliphatic rings. The third-order valence-corrected chi connectivity index (χ3v) is 3.75. The molecule has 2 aromatic rings. The number of hydrogen-bond donors (Lipinski definition) is 0. The van der Waals surface area contributed by atoms with Crippen LogP contribution >= 0.6 is 11.6 Å². The fourth-order valence-electron chi connectivity index (χ4n) is 2.33. The Morgan fingerprint density at radius 2 is 2.00 bits per heavy atom. The molecule has 17 heavy (non-hydrogen) atoms. The lowest BCUT2D eigenvalue weighted by Crippen LogP contribution is -1.97. The number of halogens is 1. The molecule has 0 spiro atoms. The molecule has 0 atom stereocenters. The first-order valence-electron chi connectivity index (χ1n) is 5.77. The SMILES string of the molecule is CCn1c(Cl)c(C(C)=O)c2ccc(C)c(C)c21. The summed E-state index contributed by atoms with van der Waals surface area (Å²) in [5.74, 6) is 0.0236. The van der Waals surface area contributed by atoms with Crippen LogP contribution in [0.4, 0.5) is 0 Å². The van der Waals surface area contributed by atoms with Gasteiger partial charge in [-0.25, -0.2) is 0 Å². The van der Waals surface area contributed by atoms with Crippen molar-refractivity contribution in [3.05, 3.63) is 34.0 Å². The van der Waals surface area contributed by atoms with Crippen molar-refractivity contribution in [1.82, 2.24) is 4.57 Å². The number of Topliss-reactive ketones (excluding diaryl/α,β-unsaturated/α-hetero) is 1. The summed E-state index contributed by atoms with van der Waals surface area (Å²) in [6, 6.07) is 4.03. The van der Waals surface area contributed by atoms with Gasteiger partial charge in [0.1, 0.15) is 5.15 Å². The Balaban J connectivity index is 3.00. The molecule has 0 bridgehead atoms. The number of aromatic nitrogens is 1. The monoisotopic (exact) mass is 249 g/mol. The summed E-state index contributed by atoms with van der Waals surface area (Å²) in [6.07, 6.45) is 0. The molecule has 1 aromatic heterocycles. The number of ketones is 1. The summed E-state index contributed by atoms with van der Waals surface area (Å²) in [6.45, 7) is 8.52. The van der Waals surface area contributed by atoms with Crippen LogP contribution in [0.1, 0.15) is 35.3 Å². The van der Waals surface area contributed by atoms with E-state index in [1.165, 1.54) is 11.1 Å². The predicted octanol–water partition coefficient (Wildman–Crippen LogP) is 4.13. The Kier molecular flexibility index (Phi) is 3.00. The third kappa shape index (κ3) is 1.67. The van der Waals surface area contributed by atoms with E-state index in [4.69, 9.17) is 11.6 Å². The van der Waals surface area contributed by atoms with Gasteiger partial charge in [-0.2, -0.15) is 0 Å². The summed E-state index contributed by atoms with van der Waals surface area (Å²) in [7, 11) is 0. The van der Waals surface area contributed by atoms with Crippen molar-refractivity contribution in [3.8, 4) is 0 Å². The second-order valence-corrected chi connectivity index (χ2v) is 4.73. The fraction of sp³-hybridized carbons (Fsp3) is 0.357. The minimum absolute atomic E-state index is 0.0236. The zero-order valence-corrected chi connectivity index (χ0v) is 11.4. The van der Waals surface area contributed by atoms with E-state index >= 15 is 0 Å². The lowest BCUT2D eigenvalue weighted by molar-refractivity contribution is 0.101. The lowest BCUT2D eigenvalue weighted by atomic mass is 10.0. The lowest BCUT2D eigenvalue weighted by Gasteiger charge is -2.07. The molecule has 0 N–H and O–H groups in total. The molecule has 0 radical (unpaired) electrons. The van der Waals surface area contributed by atoms with E-state index in [-0.39, 0.29) is 5.78 Å². The minimum atomic E-state index is 0.0236. The maximum absolute atomic E-state index is 11.7. The van der Waals surface area contributed by atoms with Crippen LogP contribution in [0.5, 0.6) is 0 Å². The first kappa shape index (κ1) is 12.2. The number of carbonyl (C=O) groups excluding carboxylic acids is 1. The highest BCUT2D eigenvalue weighted by molar-refractivity contribution is 6.35. The van der Waals surface area contributed by atoms with Crippen molar-refractivity contribution in [2.24, 2.45) is 0 Å². The topological polar surface area (TPSA) is 22.0 Å². The molecule has 0 amide bonds. The highest BCUT2D eigenvalue weighted by Crippen LogP contribution is 2.33. The van der Waals surface area contributed by atoms with Gasteiger partial charge < -0.3 is 4.57 Å². The Labute approximate surface area is 106 Å². The van der Waals surface area contributed by atoms with E-state index < -0.39 is 0 Å². The summed E-state index contributed by atoms with van der Waals surface area (Å²) in [4.78, 5) is 11.7. The van der Waals surface area contributed by atoms with Crippen molar-refractivity contribution in [2.75, 3.05) is 0 Å². The maximum Gasteiger partial charge on any atom is 0.163 e. The normalized spacial score (nSPS) is 11.1. The molecular formula is C14H16ClNO. The number of hydrogen-bond acceptors (Lipinski definition) is 1. The highest BCUT2D eigenvalue weighted by Gasteiger charge is 2.19. The zero-order chi connectivity index (χ0) is 12.7. The van der Waals surface area contributed by atoms with Crippen LogP contribution in [0.2, 0.25) is 5.15 Å². The molecule has 0 fully saturated rings. The predicted molar refractivity (Wildman–Crippen MR) is 72.1 cm³/mol. The van der Waals surface area contributed by atoms with Gasteiger partial charge in [0.2, 0.25) is 0 Å². The number of nitrogens with zero attached hydrogens (tertiary/aromatic N) is 1. The molecule has 90 valence electrons. The number of carbonyl (C=O) groups is 1. The number of benzene rings is 1. The van der Waals surface area contributed by atoms with Gasteiger partial charge in [0, 0.05) is 11.9 Å². The van der Waals surface area contributed by atoms with Crippen molar-refractivity contribution >= 4 is 28.3 Å². The van der Waals surface area contributed by atoms with E-state index in [1.54, 1.807) is 6.92 Å². The van der Waals surface area contributed by atoms with Crippen molar-refractivity contribution in [1.29, 1.82) is 0 Å². The van der Waals surface area contributed by atoms with E-state index in [1.807, 2.05) is 23.6 Å². The van der Waals surface area contributed by atoms with Crippen molar-refractivity contribution in [2.45, 2.75) is 34.2 Å². The van der Waals surface area contributed by atoms with Crippen LogP contribution in [0.25, 0.3) is 10.9 Å². The third-order valence-electron chi connectivity index (χ3n) is 3.35. The van der Waals surface area contributed by atoms with Gasteiger partial charge in [0.05, 0.1) is 11.1 Å². The van der Waals surface area contributed by atoms with Crippen molar-refractivity contribution < 1.29 is 4.79 Å². The molecular weight excluding hydrogens is 234 g/mol. The Hall–Kier alpha value is -1.28. The van der Waals surface area contributed by atoms with Crippen molar-refractivity contribution in [3.63, 3.8) is 0 Å². The fourth-order valence-corrected chi connectivity index (χ4v) is 2.77. The van der Waals surface area contributed by atoms with Crippen LogP contribution in [0.15, 0.2) is 12.1 Å². The average Bonchev–Trinajstić information content (AvgIpc) is 2.56. The summed E-state index contributed by atoms with van der Waals surface area (Å²) in [5.41, 5.74) is 4.14. The first-order chi connectivity index (χ1) is 7.99. The van der Waals surface area contributed by atoms with Gasteiger partial charge in [0.25, 0.3) is 0 Å². The first-order valence-corrected chi connectivity index (χ1v) is 6.15. The Morgan fingerprint density at radius 1 is 1.35 bits per heavy atom. The van der Waals surface area contributed by atoms with Gasteiger partial charge in [-0.1, -0.05) is 23.7 Å². The Bertz CT molecular complexity index is 610. The van der Waals surface area contributed by atoms with Crippen LogP contribution < -0.4 is 0 Å². The molecule has 1 aromatic carbocycles. The van der Waals surface area contributed by atoms with Gasteiger partial charge in [0.15, 0.2) is 5.78 Å². The molecule has 3 heteroatoms. The summed E-state index contributed by atoms with van der Waals surface area (Å²) >= 11 is 6.31. The van der Waals surface area contributed by atoms with E-state index in [0.29, 0.717) is 10.7 Å². The van der Waals surface area contributed by atoms with Gasteiger partial charge in [-0.05, 0) is 38.8 Å². The Morgan fingerprint density at radius 3 is 2.53 bits per heavy atom. The smallest absolute Gasteiger partial charge is 0.163 e. The van der Waals surface area contributed by atoms with E-state index in [2.05, 4.69) is 13.8 Å². The maximum atomic E-state index is 11.7.